The summed E-state index contributed by atoms with van der Waals surface area (Å²) in [7, 11) is 0. The van der Waals surface area contributed by atoms with Crippen molar-refractivity contribution in [2.45, 2.75) is 32.9 Å². The molecule has 11 heavy (non-hydrogen) atoms. The molecule has 0 N–H and O–H groups in total. The topological polar surface area (TPSA) is 9.23 Å². The predicted molar refractivity (Wildman–Crippen MR) is 45.4 cm³/mol. The summed E-state index contributed by atoms with van der Waals surface area (Å²) in [5, 5.41) is 0. The first-order valence-corrected chi connectivity index (χ1v) is 35.8. The third kappa shape index (κ3) is 4.71. The van der Waals surface area contributed by atoms with E-state index in [4.69, 9.17) is 4.74 Å². The van der Waals surface area contributed by atoms with Crippen molar-refractivity contribution in [2.75, 3.05) is 0 Å². The minimum atomic E-state index is -0.585. The van der Waals surface area contributed by atoms with Crippen LogP contribution in [0, 0.1) is 0 Å². The maximum absolute atomic E-state index is 5.89. The molecule has 0 aromatic rings. The molecule has 1 fully saturated rings. The fourth-order valence-corrected chi connectivity index (χ4v) is 15.6. The van der Waals surface area contributed by atoms with E-state index in [1.165, 1.54) is 20.7 Å². The van der Waals surface area contributed by atoms with Gasteiger partial charge in [-0.3, -0.25) is 0 Å². The normalized spacial score (nSPS) is 29.6. The minimum absolute atomic E-state index is 0.585. The van der Waals surface area contributed by atoms with Crippen molar-refractivity contribution in [3.05, 3.63) is 0 Å². The quantitative estimate of drug-likeness (QED) is 0.422. The zero-order valence-electron chi connectivity index (χ0n) is 6.56. The predicted octanol–water partition coefficient (Wildman–Crippen LogP) is 3.16. The Balaban J connectivity index is 2.12. The Kier molecular flexibility index (Phi) is 7.69. The molecule has 1 heterocycles. The van der Waals surface area contributed by atoms with E-state index in [2.05, 4.69) is 23.8 Å². The van der Waals surface area contributed by atoms with E-state index >= 15 is 0 Å². The number of halogens is 2. The van der Waals surface area contributed by atoms with E-state index in [1.54, 1.807) is 0 Å². The number of hydrogen-bond acceptors (Lipinski definition) is 1. The van der Waals surface area contributed by atoms with E-state index in [-0.39, 0.29) is 0 Å². The summed E-state index contributed by atoms with van der Waals surface area (Å²) in [5.41, 5.74) is 0. The number of rotatable bonds is 4. The van der Waals surface area contributed by atoms with Crippen molar-refractivity contribution in [1.29, 1.82) is 0 Å². The molecular formula is C6H10Br2Hg2O. The standard InChI is InChI=1S/C6H10O.2BrH.2Hg/c1-5-3-4-6(2)7-5;;;;/h5-6H,1-4H2;2*1H;;/q;;;2*+1/p-2. The van der Waals surface area contributed by atoms with Crippen LogP contribution >= 0.6 is 23.8 Å². The van der Waals surface area contributed by atoms with Crippen molar-refractivity contribution in [3.63, 3.8) is 0 Å². The molecule has 0 bridgehead atoms. The molecule has 0 aromatic heterocycles. The third-order valence-electron chi connectivity index (χ3n) is 2.06. The summed E-state index contributed by atoms with van der Waals surface area (Å²) in [6.45, 7) is 0. The van der Waals surface area contributed by atoms with Gasteiger partial charge in [0, 0.05) is 0 Å². The van der Waals surface area contributed by atoms with Gasteiger partial charge in [0.05, 0.1) is 0 Å². The molecule has 2 atom stereocenters. The van der Waals surface area contributed by atoms with Crippen LogP contribution in [0.3, 0.4) is 0 Å². The number of hydrogen-bond donors (Lipinski definition) is 0. The van der Waals surface area contributed by atoms with Gasteiger partial charge in [-0.05, 0) is 0 Å². The van der Waals surface area contributed by atoms with Crippen LogP contribution < -0.4 is 0 Å². The Bertz CT molecular complexity index is 103. The second kappa shape index (κ2) is 7.13. The zero-order valence-corrected chi connectivity index (χ0v) is 20.7. The first-order valence-electron chi connectivity index (χ1n) is 4.14. The van der Waals surface area contributed by atoms with Crippen LogP contribution in [0.5, 0.6) is 0 Å². The van der Waals surface area contributed by atoms with Gasteiger partial charge in [-0.1, -0.05) is 0 Å². The Hall–Kier alpha value is 2.79. The molecule has 0 radical (unpaired) electrons. The summed E-state index contributed by atoms with van der Waals surface area (Å²) < 4.78 is 8.72. The fourth-order valence-electron chi connectivity index (χ4n) is 1.45. The summed E-state index contributed by atoms with van der Waals surface area (Å²) in [6, 6.07) is 0. The molecule has 2 unspecified atom stereocenters. The zero-order chi connectivity index (χ0) is 8.10. The van der Waals surface area contributed by atoms with Crippen LogP contribution in [0.4, 0.5) is 0 Å². The van der Waals surface area contributed by atoms with Gasteiger partial charge in [-0.15, -0.1) is 0 Å². The molecule has 1 nitrogen and oxygen atoms in total. The van der Waals surface area contributed by atoms with Crippen molar-refractivity contribution in [3.8, 4) is 0 Å². The Labute approximate surface area is 104 Å². The molecule has 5 heteroatoms. The molecule has 1 rings (SSSR count). The van der Waals surface area contributed by atoms with Crippen molar-refractivity contribution in [2.24, 2.45) is 0 Å². The third-order valence-corrected chi connectivity index (χ3v) is 16.8. The van der Waals surface area contributed by atoms with Crippen molar-refractivity contribution >= 4 is 23.8 Å². The van der Waals surface area contributed by atoms with E-state index in [1.807, 2.05) is 0 Å². The maximum atomic E-state index is 5.89. The fraction of sp³-hybridized carbons (Fsp3) is 1.00. The van der Waals surface area contributed by atoms with Gasteiger partial charge < -0.3 is 0 Å². The van der Waals surface area contributed by atoms with Crippen LogP contribution in [0.15, 0.2) is 0 Å². The van der Waals surface area contributed by atoms with Crippen LogP contribution in [-0.2, 0) is 49.0 Å². The van der Waals surface area contributed by atoms with E-state index in [0.29, 0.717) is 12.2 Å². The summed E-state index contributed by atoms with van der Waals surface area (Å²) in [5.74, 6) is 0. The Morgan fingerprint density at radius 3 is 1.91 bits per heavy atom. The monoisotopic (exact) mass is 660 g/mol. The second-order valence-corrected chi connectivity index (χ2v) is 24.3. The van der Waals surface area contributed by atoms with Crippen molar-refractivity contribution < 1.29 is 49.0 Å². The summed E-state index contributed by atoms with van der Waals surface area (Å²) >= 11 is 6.16. The molecule has 1 aliphatic rings. The van der Waals surface area contributed by atoms with Gasteiger partial charge in [-0.2, -0.15) is 0 Å². The van der Waals surface area contributed by atoms with Gasteiger partial charge in [-0.25, -0.2) is 0 Å². The molecular weight excluding hydrogens is 649 g/mol. The average molecular weight is 659 g/mol. The van der Waals surface area contributed by atoms with Gasteiger partial charge in [0.1, 0.15) is 0 Å². The average Bonchev–Trinajstić information content (AvgIpc) is 2.38. The summed E-state index contributed by atoms with van der Waals surface area (Å²) in [4.78, 5) is 0. The first-order chi connectivity index (χ1) is 5.36. The molecule has 0 aromatic carbocycles. The molecule has 58 valence electrons. The van der Waals surface area contributed by atoms with Crippen LogP contribution in [0.25, 0.3) is 0 Å². The second-order valence-electron chi connectivity index (χ2n) is 2.91. The van der Waals surface area contributed by atoms with Gasteiger partial charge in [0.15, 0.2) is 0 Å². The Morgan fingerprint density at radius 1 is 1.09 bits per heavy atom. The molecule has 0 aliphatic carbocycles. The first kappa shape index (κ1) is 11.9. The van der Waals surface area contributed by atoms with Gasteiger partial charge in [0.25, 0.3) is 0 Å². The Morgan fingerprint density at radius 2 is 1.55 bits per heavy atom. The summed E-state index contributed by atoms with van der Waals surface area (Å²) in [6.07, 6.45) is 4.01. The van der Waals surface area contributed by atoms with Gasteiger partial charge >= 0.3 is 106 Å². The van der Waals surface area contributed by atoms with E-state index in [0.717, 1.165) is 0 Å². The molecule has 1 saturated heterocycles. The van der Waals surface area contributed by atoms with E-state index < -0.39 is 44.3 Å². The molecule has 1 aliphatic heterocycles. The van der Waals surface area contributed by atoms with E-state index in [9.17, 15) is 0 Å². The van der Waals surface area contributed by atoms with Gasteiger partial charge in [0.2, 0.25) is 0 Å². The van der Waals surface area contributed by atoms with Crippen LogP contribution in [0.2, 0.25) is 7.86 Å². The number of ether oxygens (including phenoxy) is 1. The van der Waals surface area contributed by atoms with Crippen molar-refractivity contribution in [1.82, 2.24) is 0 Å². The SMILES string of the molecule is [Br][Hg][CH2]C1CCC([CH2][Hg][Br])O1. The molecule has 0 saturated carbocycles. The van der Waals surface area contributed by atoms with Crippen LogP contribution in [-0.4, -0.2) is 12.2 Å². The molecule has 0 spiro atoms. The molecule has 0 amide bonds. The van der Waals surface area contributed by atoms with Crippen LogP contribution in [0.1, 0.15) is 12.8 Å².